The van der Waals surface area contributed by atoms with E-state index in [0.29, 0.717) is 37.1 Å². The van der Waals surface area contributed by atoms with Crippen molar-refractivity contribution in [3.8, 4) is 23.2 Å². The summed E-state index contributed by atoms with van der Waals surface area (Å²) < 4.78 is 97.6. The number of fused-ring (bicyclic) bond motifs is 4. The number of anilines is 2. The summed E-state index contributed by atoms with van der Waals surface area (Å²) >= 11 is 0.693. The average Bonchev–Trinajstić information content (AvgIpc) is 3.84. The molecular weight excluding hydrogens is 680 g/mol. The zero-order valence-electron chi connectivity index (χ0n) is 26.6. The fourth-order valence-electron chi connectivity index (χ4n) is 8.13. The minimum atomic E-state index is -5.09. The second kappa shape index (κ2) is 11.7. The molecule has 0 spiro atoms. The Kier molecular flexibility index (Phi) is 7.61. The normalized spacial score (nSPS) is 21.9. The molecule has 50 heavy (non-hydrogen) atoms. The summed E-state index contributed by atoms with van der Waals surface area (Å²) in [5.41, 5.74) is 3.93. The molecule has 1 aliphatic carbocycles. The first-order valence-electron chi connectivity index (χ1n) is 16.1. The zero-order valence-corrected chi connectivity index (χ0v) is 27.4. The number of rotatable bonds is 6. The van der Waals surface area contributed by atoms with Crippen molar-refractivity contribution >= 4 is 43.1 Å². The van der Waals surface area contributed by atoms with Crippen LogP contribution in [0.4, 0.5) is 37.2 Å². The first-order chi connectivity index (χ1) is 23.9. The van der Waals surface area contributed by atoms with Gasteiger partial charge in [-0.3, -0.25) is 9.88 Å². The Bertz CT molecular complexity index is 2240. The van der Waals surface area contributed by atoms with Gasteiger partial charge in [-0.15, -0.1) is 11.3 Å². The molecule has 0 amide bonds. The van der Waals surface area contributed by atoms with E-state index in [1.807, 2.05) is 17.0 Å². The standard InChI is InChI=1S/C35H29F6N7OS/c1-47(25-6-3-17-7-9-44-14-22(17)25)32-20-11-23(35(39,40)41)27(19-4-5-24(37)30-26(19)21(13-42)31(43)50-30)28(38)29(20)45-33(46-32)49-16-34-8-2-10-48(34)15-18(36)12-34/h4-5,7,9,11,14,18,25H,2-3,6,8,10,12,15-16,43H2,1H3. The highest BCUT2D eigenvalue weighted by atomic mass is 32.1. The highest BCUT2D eigenvalue weighted by molar-refractivity contribution is 7.23. The predicted molar refractivity (Wildman–Crippen MR) is 177 cm³/mol. The van der Waals surface area contributed by atoms with Gasteiger partial charge in [0.25, 0.3) is 0 Å². The maximum Gasteiger partial charge on any atom is 0.417 e. The van der Waals surface area contributed by atoms with Gasteiger partial charge in [-0.05, 0) is 67.1 Å². The molecule has 0 bridgehead atoms. The van der Waals surface area contributed by atoms with Crippen molar-refractivity contribution in [3.05, 3.63) is 70.5 Å². The fraction of sp³-hybridized carbons (Fsp3) is 0.371. The lowest BCUT2D eigenvalue weighted by atomic mass is 9.92. The number of nitrogens with two attached hydrogens (primary N) is 1. The summed E-state index contributed by atoms with van der Waals surface area (Å²) in [7, 11) is 1.66. The van der Waals surface area contributed by atoms with E-state index in [0.717, 1.165) is 35.7 Å². The zero-order chi connectivity index (χ0) is 35.1. The second-order valence-electron chi connectivity index (χ2n) is 13.2. The van der Waals surface area contributed by atoms with Crippen LogP contribution in [0.1, 0.15) is 54.0 Å². The third-order valence-corrected chi connectivity index (χ3v) is 11.4. The number of benzene rings is 2. The van der Waals surface area contributed by atoms with E-state index in [4.69, 9.17) is 10.5 Å². The summed E-state index contributed by atoms with van der Waals surface area (Å²) in [6.45, 7) is 0.979. The van der Waals surface area contributed by atoms with E-state index in [1.165, 1.54) is 0 Å². The maximum absolute atomic E-state index is 17.1. The number of aromatic nitrogens is 3. The van der Waals surface area contributed by atoms with Crippen molar-refractivity contribution in [1.82, 2.24) is 19.9 Å². The molecule has 3 aromatic heterocycles. The quantitative estimate of drug-likeness (QED) is 0.179. The second-order valence-corrected chi connectivity index (χ2v) is 14.2. The van der Waals surface area contributed by atoms with Crippen molar-refractivity contribution < 1.29 is 31.1 Å². The van der Waals surface area contributed by atoms with E-state index < -0.39 is 46.2 Å². The van der Waals surface area contributed by atoms with Gasteiger partial charge >= 0.3 is 12.2 Å². The lowest BCUT2D eigenvalue weighted by Gasteiger charge is -2.31. The molecule has 8 rings (SSSR count). The van der Waals surface area contributed by atoms with Crippen LogP contribution in [-0.2, 0) is 12.6 Å². The molecule has 2 fully saturated rings. The number of nitrogens with zero attached hydrogens (tertiary/aromatic N) is 6. The summed E-state index contributed by atoms with van der Waals surface area (Å²) in [5.74, 6) is -2.16. The largest absolute Gasteiger partial charge is 0.461 e. The molecule has 0 radical (unpaired) electrons. The lowest BCUT2D eigenvalue weighted by Crippen LogP contribution is -2.43. The highest BCUT2D eigenvalue weighted by Gasteiger charge is 2.49. The van der Waals surface area contributed by atoms with E-state index in [-0.39, 0.29) is 69.0 Å². The van der Waals surface area contributed by atoms with Crippen LogP contribution in [0, 0.1) is 23.0 Å². The third kappa shape index (κ3) is 5.02. The molecule has 2 N–H and O–H groups in total. The lowest BCUT2D eigenvalue weighted by molar-refractivity contribution is -0.137. The summed E-state index contributed by atoms with van der Waals surface area (Å²) in [5, 5.41) is 9.28. The van der Waals surface area contributed by atoms with Gasteiger partial charge < -0.3 is 15.4 Å². The fourth-order valence-corrected chi connectivity index (χ4v) is 9.08. The van der Waals surface area contributed by atoms with Crippen LogP contribution >= 0.6 is 11.3 Å². The van der Waals surface area contributed by atoms with Gasteiger partial charge in [0.2, 0.25) is 0 Å². The minimum Gasteiger partial charge on any atom is -0.461 e. The Morgan fingerprint density at radius 2 is 2.04 bits per heavy atom. The van der Waals surface area contributed by atoms with Crippen LogP contribution in [0.15, 0.2) is 36.7 Å². The Hall–Kier alpha value is -4.68. The van der Waals surface area contributed by atoms with Crippen molar-refractivity contribution in [2.24, 2.45) is 0 Å². The summed E-state index contributed by atoms with van der Waals surface area (Å²) in [4.78, 5) is 16.9. The van der Waals surface area contributed by atoms with Crippen LogP contribution in [0.25, 0.3) is 32.1 Å². The molecule has 3 unspecified atom stereocenters. The van der Waals surface area contributed by atoms with Crippen LogP contribution in [-0.4, -0.2) is 58.3 Å². The minimum absolute atomic E-state index is 0.0000316. The number of hydrogen-bond acceptors (Lipinski definition) is 9. The molecule has 2 aliphatic heterocycles. The smallest absolute Gasteiger partial charge is 0.417 e. The van der Waals surface area contributed by atoms with E-state index in [2.05, 4.69) is 15.0 Å². The molecule has 5 aromatic rings. The number of thiophene rings is 1. The first-order valence-corrected chi connectivity index (χ1v) is 16.9. The highest BCUT2D eigenvalue weighted by Crippen LogP contribution is 2.49. The Labute approximate surface area is 286 Å². The van der Waals surface area contributed by atoms with Crippen molar-refractivity contribution in [3.63, 3.8) is 0 Å². The Morgan fingerprint density at radius 3 is 2.82 bits per heavy atom. The topological polar surface area (TPSA) is 104 Å². The molecule has 3 atom stereocenters. The van der Waals surface area contributed by atoms with Gasteiger partial charge in [0, 0.05) is 48.7 Å². The molecule has 2 aromatic carbocycles. The first kappa shape index (κ1) is 32.5. The van der Waals surface area contributed by atoms with Gasteiger partial charge in [0.05, 0.1) is 27.4 Å². The molecule has 8 nitrogen and oxygen atoms in total. The molecule has 15 heteroatoms. The number of alkyl halides is 4. The van der Waals surface area contributed by atoms with Crippen LogP contribution in [0.5, 0.6) is 6.01 Å². The number of pyridine rings is 1. The van der Waals surface area contributed by atoms with E-state index in [9.17, 15) is 14.0 Å². The predicted octanol–water partition coefficient (Wildman–Crippen LogP) is 7.74. The molecule has 3 aliphatic rings. The number of nitrogen functional groups attached to an aromatic ring is 1. The van der Waals surface area contributed by atoms with Crippen molar-refractivity contribution in [2.75, 3.05) is 37.4 Å². The molecular formula is C35H29F6N7OS. The molecule has 5 heterocycles. The monoisotopic (exact) mass is 709 g/mol. The molecule has 258 valence electrons. The van der Waals surface area contributed by atoms with Crippen molar-refractivity contribution in [1.29, 1.82) is 5.26 Å². The third-order valence-electron chi connectivity index (χ3n) is 10.4. The van der Waals surface area contributed by atoms with Crippen molar-refractivity contribution in [2.45, 2.75) is 56.0 Å². The number of aryl methyl sites for hydroxylation is 1. The number of nitriles is 1. The van der Waals surface area contributed by atoms with Crippen LogP contribution in [0.3, 0.4) is 0 Å². The summed E-state index contributed by atoms with van der Waals surface area (Å²) in [6.07, 6.45) is 0.312. The molecule has 0 saturated carbocycles. The van der Waals surface area contributed by atoms with E-state index in [1.54, 1.807) is 24.3 Å². The molecule has 2 saturated heterocycles. The van der Waals surface area contributed by atoms with Gasteiger partial charge in [-0.1, -0.05) is 6.07 Å². The van der Waals surface area contributed by atoms with E-state index >= 15 is 17.6 Å². The van der Waals surface area contributed by atoms with Gasteiger partial charge in [0.1, 0.15) is 41.0 Å². The average molecular weight is 710 g/mol. The Balaban J connectivity index is 1.36. The van der Waals surface area contributed by atoms with Gasteiger partial charge in [0.15, 0.2) is 5.82 Å². The van der Waals surface area contributed by atoms with Crippen LogP contribution in [0.2, 0.25) is 0 Å². The maximum atomic E-state index is 17.1. The number of hydrogen-bond donors (Lipinski definition) is 1. The number of ether oxygens (including phenoxy) is 1. The van der Waals surface area contributed by atoms with Gasteiger partial charge in [-0.2, -0.15) is 28.4 Å². The van der Waals surface area contributed by atoms with Gasteiger partial charge in [-0.25, -0.2) is 13.2 Å². The van der Waals surface area contributed by atoms with Crippen LogP contribution < -0.4 is 15.4 Å². The SMILES string of the molecule is CN(c1nc(OCC23CCCN2CC(F)C3)nc2c(F)c(-c3ccc(F)c4sc(N)c(C#N)c34)c(C(F)(F)F)cc12)C1CCc2ccncc21. The number of halogens is 6. The Morgan fingerprint density at radius 1 is 1.22 bits per heavy atom. The summed E-state index contributed by atoms with van der Waals surface area (Å²) in [6, 6.07) is 5.81.